The van der Waals surface area contributed by atoms with E-state index in [2.05, 4.69) is 10.3 Å². The molecule has 0 radical (unpaired) electrons. The molecule has 0 fully saturated rings. The third-order valence-corrected chi connectivity index (χ3v) is 5.56. The summed E-state index contributed by atoms with van der Waals surface area (Å²) in [6.45, 7) is 0. The third kappa shape index (κ3) is 4.18. The summed E-state index contributed by atoms with van der Waals surface area (Å²) >= 11 is 5.86. The SMILES string of the molecule is CNC(=O)c1c(I)c(N=CN(C)C)c(I)c(C(=O)O)c1I. The van der Waals surface area contributed by atoms with E-state index in [1.54, 1.807) is 11.2 Å². The van der Waals surface area contributed by atoms with Gasteiger partial charge in [0.25, 0.3) is 5.91 Å². The minimum atomic E-state index is -1.08. The standard InChI is InChI=1S/C12H12I3N3O3/c1-16-11(19)5-7(13)6(12(20)21)9(15)10(8(5)14)17-4-18(2)3/h4H,1-3H3,(H,16,19)(H,20,21). The Kier molecular flexibility index (Phi) is 7.09. The number of carboxylic acid groups (broad SMARTS) is 1. The first-order valence-corrected chi connectivity index (χ1v) is 8.82. The van der Waals surface area contributed by atoms with E-state index in [1.807, 2.05) is 81.9 Å². The number of hydrogen-bond donors (Lipinski definition) is 2. The zero-order chi connectivity index (χ0) is 16.3. The van der Waals surface area contributed by atoms with Crippen LogP contribution in [0.5, 0.6) is 0 Å². The first-order chi connectivity index (χ1) is 9.72. The van der Waals surface area contributed by atoms with Crippen molar-refractivity contribution < 1.29 is 14.7 Å². The number of halogens is 3. The Balaban J connectivity index is 3.76. The molecule has 6 nitrogen and oxygen atoms in total. The quantitative estimate of drug-likeness (QED) is 0.306. The van der Waals surface area contributed by atoms with Crippen molar-refractivity contribution in [3.63, 3.8) is 0 Å². The Hall–Kier alpha value is -0.180. The van der Waals surface area contributed by atoms with Gasteiger partial charge >= 0.3 is 5.97 Å². The average molecular weight is 627 g/mol. The lowest BCUT2D eigenvalue weighted by atomic mass is 10.1. The fourth-order valence-electron chi connectivity index (χ4n) is 1.45. The van der Waals surface area contributed by atoms with Gasteiger partial charge < -0.3 is 15.3 Å². The highest BCUT2D eigenvalue weighted by Gasteiger charge is 2.26. The summed E-state index contributed by atoms with van der Waals surface area (Å²) < 4.78 is 1.56. The summed E-state index contributed by atoms with van der Waals surface area (Å²) in [7, 11) is 5.14. The van der Waals surface area contributed by atoms with Crippen molar-refractivity contribution in [2.24, 2.45) is 4.99 Å². The van der Waals surface area contributed by atoms with Crippen molar-refractivity contribution >= 4 is 91.7 Å². The summed E-state index contributed by atoms with van der Waals surface area (Å²) in [5.74, 6) is -1.41. The monoisotopic (exact) mass is 627 g/mol. The molecule has 2 N–H and O–H groups in total. The second-order valence-corrected chi connectivity index (χ2v) is 7.37. The molecular formula is C12H12I3N3O3. The molecule has 114 valence electrons. The van der Waals surface area contributed by atoms with Crippen molar-refractivity contribution in [3.8, 4) is 0 Å². The van der Waals surface area contributed by atoms with Crippen LogP contribution in [0.2, 0.25) is 0 Å². The zero-order valence-corrected chi connectivity index (χ0v) is 17.8. The molecule has 0 heterocycles. The molecule has 0 aliphatic heterocycles. The highest BCUT2D eigenvalue weighted by molar-refractivity contribution is 14.1. The molecule has 1 amide bonds. The lowest BCUT2D eigenvalue weighted by Crippen LogP contribution is -2.22. The van der Waals surface area contributed by atoms with E-state index in [9.17, 15) is 14.7 Å². The van der Waals surface area contributed by atoms with E-state index in [4.69, 9.17) is 0 Å². The topological polar surface area (TPSA) is 82.0 Å². The van der Waals surface area contributed by atoms with Gasteiger partial charge in [-0.25, -0.2) is 9.79 Å². The van der Waals surface area contributed by atoms with Crippen LogP contribution in [-0.2, 0) is 0 Å². The smallest absolute Gasteiger partial charge is 0.337 e. The van der Waals surface area contributed by atoms with E-state index in [0.717, 1.165) is 0 Å². The Morgan fingerprint density at radius 1 is 1.14 bits per heavy atom. The van der Waals surface area contributed by atoms with Gasteiger partial charge in [-0.05, 0) is 67.8 Å². The lowest BCUT2D eigenvalue weighted by molar-refractivity contribution is 0.0694. The number of amides is 1. The minimum Gasteiger partial charge on any atom is -0.478 e. The highest BCUT2D eigenvalue weighted by Crippen LogP contribution is 2.37. The first kappa shape index (κ1) is 18.9. The Morgan fingerprint density at radius 3 is 2.10 bits per heavy atom. The number of nitrogens with zero attached hydrogens (tertiary/aromatic N) is 2. The summed E-state index contributed by atoms with van der Waals surface area (Å²) in [5, 5.41) is 11.9. The molecule has 0 saturated heterocycles. The van der Waals surface area contributed by atoms with E-state index < -0.39 is 5.97 Å². The van der Waals surface area contributed by atoms with Crippen LogP contribution in [0.4, 0.5) is 5.69 Å². The zero-order valence-electron chi connectivity index (χ0n) is 11.4. The molecule has 0 aromatic heterocycles. The van der Waals surface area contributed by atoms with Gasteiger partial charge in [0.15, 0.2) is 0 Å². The molecule has 0 saturated carbocycles. The molecular weight excluding hydrogens is 615 g/mol. The maximum atomic E-state index is 12.1. The van der Waals surface area contributed by atoms with Crippen molar-refractivity contribution in [3.05, 3.63) is 21.8 Å². The van der Waals surface area contributed by atoms with Gasteiger partial charge in [-0.15, -0.1) is 0 Å². The van der Waals surface area contributed by atoms with Gasteiger partial charge in [-0.1, -0.05) is 0 Å². The Labute approximate surface area is 163 Å². The van der Waals surface area contributed by atoms with Gasteiger partial charge in [-0.2, -0.15) is 0 Å². The fraction of sp³-hybridized carbons (Fsp3) is 0.250. The summed E-state index contributed by atoms with van der Waals surface area (Å²) in [6, 6.07) is 0. The average Bonchev–Trinajstić information content (AvgIpc) is 2.37. The van der Waals surface area contributed by atoms with Crippen LogP contribution in [0.15, 0.2) is 4.99 Å². The molecule has 0 spiro atoms. The van der Waals surface area contributed by atoms with Crippen molar-refractivity contribution in [1.29, 1.82) is 0 Å². The fourth-order valence-corrected chi connectivity index (χ4v) is 5.85. The minimum absolute atomic E-state index is 0.0983. The Morgan fingerprint density at radius 2 is 1.67 bits per heavy atom. The maximum absolute atomic E-state index is 12.1. The summed E-state index contributed by atoms with van der Waals surface area (Å²) in [6.07, 6.45) is 1.58. The van der Waals surface area contributed by atoms with E-state index in [-0.39, 0.29) is 11.5 Å². The van der Waals surface area contributed by atoms with E-state index >= 15 is 0 Å². The molecule has 9 heteroatoms. The summed E-state index contributed by atoms with van der Waals surface area (Å²) in [4.78, 5) is 29.6. The predicted molar refractivity (Wildman–Crippen MR) is 107 cm³/mol. The number of nitrogens with one attached hydrogen (secondary N) is 1. The number of hydrogen-bond acceptors (Lipinski definition) is 3. The second kappa shape index (κ2) is 7.89. The van der Waals surface area contributed by atoms with Gasteiger partial charge in [0, 0.05) is 24.7 Å². The van der Waals surface area contributed by atoms with E-state index in [1.165, 1.54) is 7.05 Å². The molecule has 0 atom stereocenters. The van der Waals surface area contributed by atoms with E-state index in [0.29, 0.717) is 22.0 Å². The molecule has 1 rings (SSSR count). The van der Waals surface area contributed by atoms with Crippen LogP contribution < -0.4 is 5.32 Å². The van der Waals surface area contributed by atoms with Crippen molar-refractivity contribution in [2.45, 2.75) is 0 Å². The molecule has 0 bridgehead atoms. The number of aromatic carboxylic acids is 1. The van der Waals surface area contributed by atoms with Gasteiger partial charge in [0.2, 0.25) is 0 Å². The molecule has 1 aromatic carbocycles. The predicted octanol–water partition coefficient (Wildman–Crippen LogP) is 2.78. The molecule has 0 aliphatic carbocycles. The first-order valence-electron chi connectivity index (χ1n) is 5.58. The van der Waals surface area contributed by atoms with Crippen LogP contribution in [0.3, 0.4) is 0 Å². The number of rotatable bonds is 4. The van der Waals surface area contributed by atoms with Crippen molar-refractivity contribution in [2.75, 3.05) is 21.1 Å². The number of aliphatic imine (C=N–C) groups is 1. The highest BCUT2D eigenvalue weighted by atomic mass is 127. The number of carbonyl (C=O) groups is 2. The van der Waals surface area contributed by atoms with Crippen LogP contribution in [-0.4, -0.2) is 49.4 Å². The largest absolute Gasteiger partial charge is 0.478 e. The number of carbonyl (C=O) groups excluding carboxylic acids is 1. The van der Waals surface area contributed by atoms with Crippen LogP contribution in [0.25, 0.3) is 0 Å². The second-order valence-electron chi connectivity index (χ2n) is 4.13. The molecule has 21 heavy (non-hydrogen) atoms. The van der Waals surface area contributed by atoms with Crippen LogP contribution in [0.1, 0.15) is 20.7 Å². The normalized spacial score (nSPS) is 10.8. The molecule has 1 aromatic rings. The molecule has 0 aliphatic rings. The van der Waals surface area contributed by atoms with Crippen LogP contribution in [0, 0.1) is 10.7 Å². The summed E-state index contributed by atoms with van der Waals surface area (Å²) in [5.41, 5.74) is 0.921. The van der Waals surface area contributed by atoms with Crippen molar-refractivity contribution in [1.82, 2.24) is 10.2 Å². The Bertz CT molecular complexity index is 630. The van der Waals surface area contributed by atoms with Gasteiger partial charge in [0.1, 0.15) is 0 Å². The molecule has 0 unspecified atom stereocenters. The number of carboxylic acids is 1. The van der Waals surface area contributed by atoms with Gasteiger partial charge in [0.05, 0.1) is 30.3 Å². The number of benzene rings is 1. The lowest BCUT2D eigenvalue weighted by Gasteiger charge is -2.14. The third-order valence-electron chi connectivity index (χ3n) is 2.38. The van der Waals surface area contributed by atoms with Gasteiger partial charge in [-0.3, -0.25) is 4.79 Å². The van der Waals surface area contributed by atoms with Crippen LogP contribution >= 0.6 is 67.8 Å². The maximum Gasteiger partial charge on any atom is 0.337 e.